The van der Waals surface area contributed by atoms with Gasteiger partial charge in [0.25, 0.3) is 11.8 Å². The summed E-state index contributed by atoms with van der Waals surface area (Å²) in [5.74, 6) is -0.995. The fourth-order valence-corrected chi connectivity index (χ4v) is 3.86. The number of hydrogen-bond acceptors (Lipinski definition) is 6. The second kappa shape index (κ2) is 9.80. The number of piperidine rings is 1. The van der Waals surface area contributed by atoms with Crippen molar-refractivity contribution in [2.24, 2.45) is 5.92 Å². The molecule has 1 aromatic heterocycles. The van der Waals surface area contributed by atoms with Gasteiger partial charge in [-0.1, -0.05) is 29.9 Å². The van der Waals surface area contributed by atoms with E-state index in [0.29, 0.717) is 30.3 Å². The molecule has 0 aliphatic carbocycles. The molecule has 0 spiro atoms. The number of nitrogens with zero attached hydrogens (tertiary/aromatic N) is 3. The topological polar surface area (TPSA) is 104 Å². The molecule has 10 heteroatoms. The smallest absolute Gasteiger partial charge is 0.286 e. The van der Waals surface area contributed by atoms with Crippen molar-refractivity contribution >= 4 is 46.3 Å². The predicted octanol–water partition coefficient (Wildman–Crippen LogP) is 2.82. The van der Waals surface area contributed by atoms with E-state index in [-0.39, 0.29) is 27.7 Å². The second-order valence-corrected chi connectivity index (χ2v) is 8.17. The molecule has 3 amide bonds. The van der Waals surface area contributed by atoms with Crippen LogP contribution in [-0.2, 0) is 4.79 Å². The number of nitrogens with one attached hydrogen (secondary N) is 2. The third-order valence-corrected chi connectivity index (χ3v) is 5.69. The number of carbonyl (C=O) groups excluding carboxylic acids is 3. The van der Waals surface area contributed by atoms with Gasteiger partial charge in [0.2, 0.25) is 15.9 Å². The van der Waals surface area contributed by atoms with Gasteiger partial charge < -0.3 is 15.5 Å². The van der Waals surface area contributed by atoms with Gasteiger partial charge in [-0.25, -0.2) is 0 Å². The number of carbonyl (C=O) groups is 3. The van der Waals surface area contributed by atoms with Crippen molar-refractivity contribution in [3.05, 3.63) is 39.3 Å². The van der Waals surface area contributed by atoms with Gasteiger partial charge >= 0.3 is 0 Å². The summed E-state index contributed by atoms with van der Waals surface area (Å²) in [6.07, 6.45) is 2.37. The zero-order valence-electron chi connectivity index (χ0n) is 16.0. The van der Waals surface area contributed by atoms with E-state index in [9.17, 15) is 14.4 Å². The van der Waals surface area contributed by atoms with Crippen LogP contribution >= 0.6 is 22.9 Å². The van der Waals surface area contributed by atoms with E-state index in [1.807, 2.05) is 6.92 Å². The number of likely N-dealkylation sites (tertiary alicyclic amines) is 1. The number of hydrogen-bond donors (Lipinski definition) is 2. The molecular weight excluding hydrogens is 414 g/mol. The summed E-state index contributed by atoms with van der Waals surface area (Å²) in [7, 11) is 0. The Balaban J connectivity index is 1.61. The van der Waals surface area contributed by atoms with E-state index < -0.39 is 5.91 Å². The zero-order chi connectivity index (χ0) is 20.8. The fourth-order valence-electron chi connectivity index (χ4n) is 3.02. The van der Waals surface area contributed by atoms with Gasteiger partial charge in [0.05, 0.1) is 5.92 Å². The highest BCUT2D eigenvalue weighted by molar-refractivity contribution is 7.15. The van der Waals surface area contributed by atoms with Crippen LogP contribution in [0.2, 0.25) is 5.02 Å². The molecule has 1 aliphatic heterocycles. The lowest BCUT2D eigenvalue weighted by molar-refractivity contribution is -0.126. The fraction of sp³-hybridized carbons (Fsp3) is 0.421. The monoisotopic (exact) mass is 435 g/mol. The zero-order valence-corrected chi connectivity index (χ0v) is 17.6. The van der Waals surface area contributed by atoms with E-state index in [4.69, 9.17) is 11.6 Å². The summed E-state index contributed by atoms with van der Waals surface area (Å²) in [5, 5.41) is 14.1. The number of benzene rings is 1. The van der Waals surface area contributed by atoms with Gasteiger partial charge in [-0.05, 0) is 43.5 Å². The highest BCUT2D eigenvalue weighted by Gasteiger charge is 2.30. The Kier molecular flexibility index (Phi) is 7.16. The molecular formula is C19H22ClN5O3S. The van der Waals surface area contributed by atoms with Crippen LogP contribution < -0.4 is 10.6 Å². The van der Waals surface area contributed by atoms with E-state index >= 15 is 0 Å². The molecule has 1 saturated heterocycles. The first-order chi connectivity index (χ1) is 14.0. The molecule has 29 heavy (non-hydrogen) atoms. The van der Waals surface area contributed by atoms with Crippen LogP contribution in [0.3, 0.4) is 0 Å². The number of anilines is 1. The summed E-state index contributed by atoms with van der Waals surface area (Å²) >= 11 is 6.77. The predicted molar refractivity (Wildman–Crippen MR) is 111 cm³/mol. The quantitative estimate of drug-likeness (QED) is 0.725. The van der Waals surface area contributed by atoms with Gasteiger partial charge in [0.1, 0.15) is 0 Å². The highest BCUT2D eigenvalue weighted by Crippen LogP contribution is 2.21. The van der Waals surface area contributed by atoms with Crippen molar-refractivity contribution in [1.29, 1.82) is 0 Å². The molecule has 1 aliphatic rings. The van der Waals surface area contributed by atoms with Crippen molar-refractivity contribution in [3.63, 3.8) is 0 Å². The van der Waals surface area contributed by atoms with Crippen LogP contribution in [0, 0.1) is 5.92 Å². The van der Waals surface area contributed by atoms with Crippen LogP contribution in [0.4, 0.5) is 5.69 Å². The van der Waals surface area contributed by atoms with Crippen molar-refractivity contribution in [1.82, 2.24) is 20.4 Å². The molecule has 0 radical (unpaired) electrons. The van der Waals surface area contributed by atoms with Crippen molar-refractivity contribution in [2.45, 2.75) is 26.2 Å². The minimum atomic E-state index is -0.445. The average molecular weight is 436 g/mol. The van der Waals surface area contributed by atoms with Gasteiger partial charge in [-0.2, -0.15) is 0 Å². The second-order valence-electron chi connectivity index (χ2n) is 6.75. The standard InChI is InChI=1S/C19H22ClN5O3S/c1-2-9-21-15(26)12-4-3-10-25(11-12)19(28)18-24-23-17(29-18)16(27)22-14-7-5-13(20)6-8-14/h5-8,12H,2-4,9-11H2,1H3,(H,21,26)(H,22,27)/t12-/m0/s1. The van der Waals surface area contributed by atoms with E-state index in [0.717, 1.165) is 30.6 Å². The minimum absolute atomic E-state index is 0.0235. The molecule has 1 atom stereocenters. The Morgan fingerprint density at radius 3 is 2.66 bits per heavy atom. The van der Waals surface area contributed by atoms with Gasteiger partial charge in [0.15, 0.2) is 0 Å². The Morgan fingerprint density at radius 1 is 1.21 bits per heavy atom. The first kappa shape index (κ1) is 21.2. The maximum absolute atomic E-state index is 12.8. The van der Waals surface area contributed by atoms with Crippen LogP contribution in [0.5, 0.6) is 0 Å². The minimum Gasteiger partial charge on any atom is -0.356 e. The number of halogens is 1. The lowest BCUT2D eigenvalue weighted by Crippen LogP contribution is -2.45. The lowest BCUT2D eigenvalue weighted by Gasteiger charge is -2.31. The molecule has 2 aromatic rings. The molecule has 1 fully saturated rings. The van der Waals surface area contributed by atoms with Crippen molar-refractivity contribution < 1.29 is 14.4 Å². The SMILES string of the molecule is CCCNC(=O)[C@H]1CCCN(C(=O)c2nnc(C(=O)Nc3ccc(Cl)cc3)s2)C1. The molecule has 0 unspecified atom stereocenters. The largest absolute Gasteiger partial charge is 0.356 e. The normalized spacial score (nSPS) is 16.3. The molecule has 154 valence electrons. The summed E-state index contributed by atoms with van der Waals surface area (Å²) in [4.78, 5) is 38.9. The first-order valence-corrected chi connectivity index (χ1v) is 10.6. The van der Waals surface area contributed by atoms with Crippen LogP contribution in [0.25, 0.3) is 0 Å². The number of amides is 3. The summed E-state index contributed by atoms with van der Waals surface area (Å²) in [6.45, 7) is 3.53. The van der Waals surface area contributed by atoms with Gasteiger partial charge in [-0.15, -0.1) is 10.2 Å². The first-order valence-electron chi connectivity index (χ1n) is 9.45. The van der Waals surface area contributed by atoms with Crippen molar-refractivity contribution in [3.8, 4) is 0 Å². The summed E-state index contributed by atoms with van der Waals surface area (Å²) in [5.41, 5.74) is 0.569. The summed E-state index contributed by atoms with van der Waals surface area (Å²) in [6, 6.07) is 6.67. The van der Waals surface area contributed by atoms with Gasteiger partial charge in [0, 0.05) is 30.3 Å². The van der Waals surface area contributed by atoms with E-state index in [2.05, 4.69) is 20.8 Å². The molecule has 1 aromatic carbocycles. The lowest BCUT2D eigenvalue weighted by atomic mass is 9.97. The molecule has 0 saturated carbocycles. The molecule has 3 rings (SSSR count). The molecule has 8 nitrogen and oxygen atoms in total. The third kappa shape index (κ3) is 5.51. The third-order valence-electron chi connectivity index (χ3n) is 4.53. The Labute approximate surface area is 177 Å². The van der Waals surface area contributed by atoms with Crippen LogP contribution in [0.1, 0.15) is 45.8 Å². The molecule has 2 heterocycles. The number of rotatable bonds is 6. The molecule has 0 bridgehead atoms. The highest BCUT2D eigenvalue weighted by atomic mass is 35.5. The Morgan fingerprint density at radius 2 is 1.93 bits per heavy atom. The molecule has 2 N–H and O–H groups in total. The van der Waals surface area contributed by atoms with Crippen molar-refractivity contribution in [2.75, 3.05) is 25.0 Å². The van der Waals surface area contributed by atoms with E-state index in [1.54, 1.807) is 29.2 Å². The average Bonchev–Trinajstić information content (AvgIpc) is 3.23. The van der Waals surface area contributed by atoms with Crippen LogP contribution in [-0.4, -0.2) is 52.5 Å². The number of aromatic nitrogens is 2. The summed E-state index contributed by atoms with van der Waals surface area (Å²) < 4.78 is 0. The maximum Gasteiger partial charge on any atom is 0.286 e. The van der Waals surface area contributed by atoms with Crippen LogP contribution in [0.15, 0.2) is 24.3 Å². The van der Waals surface area contributed by atoms with E-state index in [1.165, 1.54) is 0 Å². The Hall–Kier alpha value is -2.52. The van der Waals surface area contributed by atoms with Gasteiger partial charge in [-0.3, -0.25) is 14.4 Å². The Bertz CT molecular complexity index is 886. The maximum atomic E-state index is 12.8.